The molecule has 4 nitrogen and oxygen atoms in total. The molecule has 0 bridgehead atoms. The molecule has 64 heavy (non-hydrogen) atoms. The molecule has 4 heteroatoms. The van der Waals surface area contributed by atoms with Crippen LogP contribution in [-0.2, 0) is 0 Å². The fourth-order valence-corrected chi connectivity index (χ4v) is 9.07. The van der Waals surface area contributed by atoms with Gasteiger partial charge in [0.2, 0.25) is 0 Å². The van der Waals surface area contributed by atoms with Crippen LogP contribution in [0.4, 0.5) is 17.1 Å². The molecule has 0 N–H and O–H groups in total. The highest BCUT2D eigenvalue weighted by atomic mass is 16.6. The molecule has 1 aliphatic rings. The zero-order chi connectivity index (χ0) is 42.4. The van der Waals surface area contributed by atoms with Crippen LogP contribution >= 0.6 is 0 Å². The number of hydrogen-bond donors (Lipinski definition) is 0. The Morgan fingerprint density at radius 3 is 1.17 bits per heavy atom. The predicted octanol–water partition coefficient (Wildman–Crippen LogP) is 16.8. The Balaban J connectivity index is 0.822. The third-order valence-corrected chi connectivity index (χ3v) is 12.3. The molecule has 0 fully saturated rings. The average molecular weight is 821 g/mol. The quantitative estimate of drug-likeness (QED) is 0.153. The van der Waals surface area contributed by atoms with Crippen LogP contribution in [0.25, 0.3) is 72.0 Å². The minimum atomic E-state index is 0.690. The summed E-state index contributed by atoms with van der Waals surface area (Å²) in [5.74, 6) is 2.77. The maximum atomic E-state index is 6.54. The van der Waals surface area contributed by atoms with Crippen molar-refractivity contribution < 1.29 is 9.47 Å². The van der Waals surface area contributed by atoms with Crippen molar-refractivity contribution in [3.05, 3.63) is 243 Å². The van der Waals surface area contributed by atoms with Crippen molar-refractivity contribution in [2.75, 3.05) is 4.90 Å². The van der Waals surface area contributed by atoms with Crippen LogP contribution < -0.4 is 14.4 Å². The lowest BCUT2D eigenvalue weighted by molar-refractivity contribution is 0.360. The second-order valence-electron chi connectivity index (χ2n) is 16.2. The predicted molar refractivity (Wildman–Crippen MR) is 264 cm³/mol. The number of fused-ring (bicyclic) bond motifs is 5. The fraction of sp³-hybridized carbons (Fsp3) is 0. The van der Waals surface area contributed by atoms with Gasteiger partial charge < -0.3 is 18.9 Å². The summed E-state index contributed by atoms with van der Waals surface area (Å²) in [5, 5.41) is 2.43. The zero-order valence-electron chi connectivity index (χ0n) is 34.8. The molecule has 12 rings (SSSR count). The van der Waals surface area contributed by atoms with Gasteiger partial charge in [0, 0.05) is 33.5 Å². The molecule has 1 aromatic heterocycles. The molecule has 302 valence electrons. The van der Waals surface area contributed by atoms with Crippen LogP contribution in [0.3, 0.4) is 0 Å². The lowest BCUT2D eigenvalue weighted by Gasteiger charge is -2.26. The molecule has 0 spiro atoms. The van der Waals surface area contributed by atoms with Crippen LogP contribution in [0.5, 0.6) is 23.0 Å². The smallest absolute Gasteiger partial charge is 0.170 e. The molecule has 11 aromatic rings. The summed E-state index contributed by atoms with van der Waals surface area (Å²) in [5.41, 5.74) is 15.8. The summed E-state index contributed by atoms with van der Waals surface area (Å²) in [6.45, 7) is 0. The lowest BCUT2D eigenvalue weighted by Crippen LogP contribution is -2.09. The molecule has 0 radical (unpaired) electrons. The van der Waals surface area contributed by atoms with Gasteiger partial charge >= 0.3 is 0 Å². The normalized spacial score (nSPS) is 11.7. The van der Waals surface area contributed by atoms with Crippen molar-refractivity contribution in [2.24, 2.45) is 0 Å². The van der Waals surface area contributed by atoms with E-state index in [1.807, 2.05) is 12.1 Å². The van der Waals surface area contributed by atoms with E-state index in [0.29, 0.717) is 23.0 Å². The Kier molecular flexibility index (Phi) is 9.12. The van der Waals surface area contributed by atoms with Crippen LogP contribution in [0, 0.1) is 0 Å². The minimum Gasteiger partial charge on any atom is -0.449 e. The first-order valence-corrected chi connectivity index (χ1v) is 21.6. The van der Waals surface area contributed by atoms with Crippen molar-refractivity contribution in [2.45, 2.75) is 0 Å². The molecule has 0 saturated carbocycles. The first-order valence-electron chi connectivity index (χ1n) is 21.6. The van der Waals surface area contributed by atoms with Gasteiger partial charge in [-0.2, -0.15) is 0 Å². The molecule has 0 aliphatic carbocycles. The van der Waals surface area contributed by atoms with E-state index in [2.05, 4.69) is 240 Å². The van der Waals surface area contributed by atoms with Crippen molar-refractivity contribution in [1.82, 2.24) is 4.57 Å². The van der Waals surface area contributed by atoms with Gasteiger partial charge in [-0.05, 0) is 136 Å². The molecular weight excluding hydrogens is 781 g/mol. The fourth-order valence-electron chi connectivity index (χ4n) is 9.07. The first-order chi connectivity index (χ1) is 31.7. The monoisotopic (exact) mass is 820 g/mol. The van der Waals surface area contributed by atoms with Gasteiger partial charge in [-0.1, -0.05) is 152 Å². The van der Waals surface area contributed by atoms with Crippen LogP contribution in [-0.4, -0.2) is 4.57 Å². The summed E-state index contributed by atoms with van der Waals surface area (Å²) in [7, 11) is 0. The second kappa shape index (κ2) is 15.7. The maximum absolute atomic E-state index is 6.54. The van der Waals surface area contributed by atoms with Gasteiger partial charge in [0.25, 0.3) is 0 Å². The molecule has 10 aromatic carbocycles. The van der Waals surface area contributed by atoms with Crippen molar-refractivity contribution in [3.63, 3.8) is 0 Å². The Morgan fingerprint density at radius 1 is 0.266 bits per heavy atom. The molecular formula is C60H40N2O2. The largest absolute Gasteiger partial charge is 0.449 e. The number of rotatable bonds is 8. The maximum Gasteiger partial charge on any atom is 0.170 e. The Hall–Kier alpha value is -8.60. The molecule has 0 saturated heterocycles. The van der Waals surface area contributed by atoms with Gasteiger partial charge in [-0.25, -0.2) is 0 Å². The second-order valence-corrected chi connectivity index (χ2v) is 16.2. The van der Waals surface area contributed by atoms with E-state index < -0.39 is 0 Å². The first kappa shape index (κ1) is 37.2. The van der Waals surface area contributed by atoms with E-state index in [1.165, 1.54) is 44.1 Å². The number of nitrogens with zero attached hydrogens (tertiary/aromatic N) is 2. The van der Waals surface area contributed by atoms with E-state index >= 15 is 0 Å². The van der Waals surface area contributed by atoms with E-state index in [1.54, 1.807) is 0 Å². The highest BCUT2D eigenvalue weighted by Crippen LogP contribution is 2.48. The number of aromatic nitrogens is 1. The standard InChI is InChI=1S/C60H40N2O2/c1-4-12-41(13-5-1)43-20-29-50(30-21-43)61(51-31-22-44(23-32-51)42-14-6-2-7-15-42)52-33-24-45(25-34-52)47-27-36-57-59(39-47)63-58-37-28-48(40-60(58)64-57)46-26-35-56-54(38-46)53-18-10-11-19-55(53)62(56)49-16-8-3-9-17-49/h1-40H. The third-order valence-electron chi connectivity index (χ3n) is 12.3. The SMILES string of the molecule is c1ccc(-c2ccc(N(c3ccc(-c4ccccc4)cc3)c3ccc(-c4ccc5c(c4)Oc4ccc(-c6ccc7c(c6)c6ccccc6n7-c6ccccc6)cc4O5)cc3)cc2)cc1. The summed E-state index contributed by atoms with van der Waals surface area (Å²) in [6, 6.07) is 85.6. The highest BCUT2D eigenvalue weighted by molar-refractivity contribution is 6.10. The van der Waals surface area contributed by atoms with E-state index in [-0.39, 0.29) is 0 Å². The Labute approximate surface area is 372 Å². The molecule has 0 atom stereocenters. The number of benzene rings is 10. The van der Waals surface area contributed by atoms with Gasteiger partial charge in [0.15, 0.2) is 23.0 Å². The molecule has 1 aliphatic heterocycles. The van der Waals surface area contributed by atoms with Gasteiger partial charge in [0.1, 0.15) is 0 Å². The summed E-state index contributed by atoms with van der Waals surface area (Å²) >= 11 is 0. The van der Waals surface area contributed by atoms with Crippen molar-refractivity contribution in [3.8, 4) is 73.2 Å². The summed E-state index contributed by atoms with van der Waals surface area (Å²) in [6.07, 6.45) is 0. The van der Waals surface area contributed by atoms with E-state index in [9.17, 15) is 0 Å². The van der Waals surface area contributed by atoms with Crippen LogP contribution in [0.2, 0.25) is 0 Å². The van der Waals surface area contributed by atoms with E-state index in [4.69, 9.17) is 9.47 Å². The Morgan fingerprint density at radius 2 is 0.641 bits per heavy atom. The summed E-state index contributed by atoms with van der Waals surface area (Å²) in [4.78, 5) is 2.31. The number of hydrogen-bond acceptors (Lipinski definition) is 3. The Bertz CT molecular complexity index is 3370. The van der Waals surface area contributed by atoms with Gasteiger partial charge in [-0.3, -0.25) is 0 Å². The summed E-state index contributed by atoms with van der Waals surface area (Å²) < 4.78 is 15.4. The zero-order valence-corrected chi connectivity index (χ0v) is 34.8. The number of anilines is 3. The van der Waals surface area contributed by atoms with Crippen LogP contribution in [0.1, 0.15) is 0 Å². The van der Waals surface area contributed by atoms with Gasteiger partial charge in [-0.15, -0.1) is 0 Å². The lowest BCUT2D eigenvalue weighted by atomic mass is 10.0. The van der Waals surface area contributed by atoms with Crippen molar-refractivity contribution in [1.29, 1.82) is 0 Å². The average Bonchev–Trinajstić information content (AvgIpc) is 3.70. The minimum absolute atomic E-state index is 0.690. The van der Waals surface area contributed by atoms with Gasteiger partial charge in [0.05, 0.1) is 11.0 Å². The number of ether oxygens (including phenoxy) is 2. The van der Waals surface area contributed by atoms with E-state index in [0.717, 1.165) is 45.0 Å². The highest BCUT2D eigenvalue weighted by Gasteiger charge is 2.22. The topological polar surface area (TPSA) is 26.6 Å². The molecule has 0 unspecified atom stereocenters. The number of para-hydroxylation sites is 2. The molecule has 0 amide bonds. The molecule has 2 heterocycles. The van der Waals surface area contributed by atoms with Crippen LogP contribution in [0.15, 0.2) is 243 Å². The van der Waals surface area contributed by atoms with Crippen molar-refractivity contribution >= 4 is 38.9 Å². The third kappa shape index (κ3) is 6.75.